The highest BCUT2D eigenvalue weighted by Crippen LogP contribution is 2.16. The zero-order valence-electron chi connectivity index (χ0n) is 19.8. The molecule has 0 unspecified atom stereocenters. The molecule has 32 heavy (non-hydrogen) atoms. The van der Waals surface area contributed by atoms with Gasteiger partial charge in [-0.1, -0.05) is 32.6 Å². The monoisotopic (exact) mass is 439 g/mol. The number of nitrogens with one attached hydrogen (secondary N) is 3. The summed E-state index contributed by atoms with van der Waals surface area (Å²) in [7, 11) is 0. The normalized spacial score (nSPS) is 11.0. The number of hydrogen-bond donors (Lipinski definition) is 3. The van der Waals surface area contributed by atoms with Crippen molar-refractivity contribution in [3.8, 4) is 5.75 Å². The van der Waals surface area contributed by atoms with Gasteiger partial charge in [0.05, 0.1) is 13.2 Å². The highest BCUT2D eigenvalue weighted by molar-refractivity contribution is 5.96. The third-order valence-electron chi connectivity index (χ3n) is 4.74. The van der Waals surface area contributed by atoms with Crippen LogP contribution in [0.3, 0.4) is 0 Å². The summed E-state index contributed by atoms with van der Waals surface area (Å²) in [6.45, 7) is 8.89. The van der Waals surface area contributed by atoms with Crippen LogP contribution < -0.4 is 20.7 Å². The second-order valence-corrected chi connectivity index (χ2v) is 8.97. The van der Waals surface area contributed by atoms with Crippen LogP contribution in [-0.4, -0.2) is 30.5 Å². The number of carbonyl (C=O) groups is 2. The van der Waals surface area contributed by atoms with Gasteiger partial charge in [0.2, 0.25) is 5.91 Å². The largest absolute Gasteiger partial charge is 0.494 e. The lowest BCUT2D eigenvalue weighted by Crippen LogP contribution is -2.40. The number of benzene rings is 2. The molecule has 0 radical (unpaired) electrons. The maximum atomic E-state index is 12.2. The van der Waals surface area contributed by atoms with Crippen molar-refractivity contribution in [3.63, 3.8) is 0 Å². The minimum absolute atomic E-state index is 0.138. The van der Waals surface area contributed by atoms with Crippen LogP contribution in [0.1, 0.15) is 70.2 Å². The molecule has 0 aliphatic carbocycles. The Labute approximate surface area is 192 Å². The second-order valence-electron chi connectivity index (χ2n) is 8.97. The van der Waals surface area contributed by atoms with Crippen molar-refractivity contribution in [1.82, 2.24) is 5.32 Å². The molecule has 2 amide bonds. The molecule has 0 spiro atoms. The van der Waals surface area contributed by atoms with Crippen molar-refractivity contribution in [2.45, 2.75) is 65.3 Å². The molecular formula is C26H37N3O3. The Balaban J connectivity index is 1.72. The summed E-state index contributed by atoms with van der Waals surface area (Å²) in [6, 6.07) is 14.5. The Morgan fingerprint density at radius 3 is 2.09 bits per heavy atom. The summed E-state index contributed by atoms with van der Waals surface area (Å²) in [5.41, 5.74) is 1.75. The number of amides is 2. The summed E-state index contributed by atoms with van der Waals surface area (Å²) in [4.78, 5) is 24.4. The third-order valence-corrected chi connectivity index (χ3v) is 4.74. The first kappa shape index (κ1) is 25.2. The molecular weight excluding hydrogens is 402 g/mol. The lowest BCUT2D eigenvalue weighted by molar-refractivity contribution is -0.114. The van der Waals surface area contributed by atoms with Gasteiger partial charge >= 0.3 is 0 Å². The molecule has 174 valence electrons. The maximum Gasteiger partial charge on any atom is 0.251 e. The van der Waals surface area contributed by atoms with Gasteiger partial charge in [-0.15, -0.1) is 0 Å². The minimum Gasteiger partial charge on any atom is -0.494 e. The lowest BCUT2D eigenvalue weighted by Gasteiger charge is -2.20. The molecule has 0 fully saturated rings. The van der Waals surface area contributed by atoms with Crippen molar-refractivity contribution in [1.29, 1.82) is 0 Å². The number of unbranched alkanes of at least 4 members (excludes halogenated alkanes) is 4. The first-order chi connectivity index (χ1) is 15.3. The van der Waals surface area contributed by atoms with Gasteiger partial charge in [0.25, 0.3) is 5.91 Å². The number of ether oxygens (including phenoxy) is 1. The molecule has 0 saturated carbocycles. The number of rotatable bonds is 12. The average Bonchev–Trinajstić information content (AvgIpc) is 2.75. The third kappa shape index (κ3) is 9.86. The SMILES string of the molecule is CCCCCCCOc1ccc(NCC(=O)Nc2ccc(C(=O)NC(C)(C)C)cc2)cc1. The van der Waals surface area contributed by atoms with Crippen LogP contribution in [0.5, 0.6) is 5.75 Å². The first-order valence-electron chi connectivity index (χ1n) is 11.5. The van der Waals surface area contributed by atoms with Gasteiger partial charge in [0.15, 0.2) is 0 Å². The van der Waals surface area contributed by atoms with Crippen LogP contribution in [0.15, 0.2) is 48.5 Å². The maximum absolute atomic E-state index is 12.2. The van der Waals surface area contributed by atoms with E-state index in [2.05, 4.69) is 22.9 Å². The molecule has 2 aromatic carbocycles. The van der Waals surface area contributed by atoms with Crippen molar-refractivity contribution >= 4 is 23.2 Å². The quantitative estimate of drug-likeness (QED) is 0.375. The topological polar surface area (TPSA) is 79.5 Å². The van der Waals surface area contributed by atoms with Crippen molar-refractivity contribution < 1.29 is 14.3 Å². The van der Waals surface area contributed by atoms with E-state index in [0.29, 0.717) is 11.3 Å². The van der Waals surface area contributed by atoms with E-state index in [4.69, 9.17) is 4.74 Å². The van der Waals surface area contributed by atoms with E-state index < -0.39 is 0 Å². The van der Waals surface area contributed by atoms with Gasteiger partial charge < -0.3 is 20.7 Å². The van der Waals surface area contributed by atoms with Crippen LogP contribution in [0.2, 0.25) is 0 Å². The molecule has 2 aromatic rings. The van der Waals surface area contributed by atoms with Crippen LogP contribution in [0.25, 0.3) is 0 Å². The van der Waals surface area contributed by atoms with Crippen molar-refractivity contribution in [2.24, 2.45) is 0 Å². The number of anilines is 2. The van der Waals surface area contributed by atoms with E-state index >= 15 is 0 Å². The van der Waals surface area contributed by atoms with Gasteiger partial charge in [-0.25, -0.2) is 0 Å². The molecule has 3 N–H and O–H groups in total. The average molecular weight is 440 g/mol. The Kier molecular flexibility index (Phi) is 10.1. The van der Waals surface area contributed by atoms with Gasteiger partial charge in [0.1, 0.15) is 5.75 Å². The summed E-state index contributed by atoms with van der Waals surface area (Å²) >= 11 is 0. The predicted octanol–water partition coefficient (Wildman–Crippen LogP) is 5.61. The van der Waals surface area contributed by atoms with Gasteiger partial charge in [0, 0.05) is 22.5 Å². The molecule has 0 aliphatic heterocycles. The fraction of sp³-hybridized carbons (Fsp3) is 0.462. The molecule has 6 nitrogen and oxygen atoms in total. The molecule has 0 atom stereocenters. The fourth-order valence-electron chi connectivity index (χ4n) is 3.07. The van der Waals surface area contributed by atoms with Crippen LogP contribution in [0, 0.1) is 0 Å². The molecule has 2 rings (SSSR count). The Morgan fingerprint density at radius 1 is 0.844 bits per heavy atom. The Morgan fingerprint density at radius 2 is 1.47 bits per heavy atom. The fourth-order valence-corrected chi connectivity index (χ4v) is 3.07. The Bertz CT molecular complexity index is 840. The van der Waals surface area contributed by atoms with Crippen LogP contribution in [0.4, 0.5) is 11.4 Å². The molecule has 0 aliphatic rings. The number of carbonyl (C=O) groups excluding carboxylic acids is 2. The first-order valence-corrected chi connectivity index (χ1v) is 11.5. The summed E-state index contributed by atoms with van der Waals surface area (Å²) in [5, 5.41) is 8.85. The van der Waals surface area contributed by atoms with E-state index in [9.17, 15) is 9.59 Å². The summed E-state index contributed by atoms with van der Waals surface area (Å²) < 4.78 is 5.76. The van der Waals surface area contributed by atoms with E-state index in [1.54, 1.807) is 24.3 Å². The van der Waals surface area contributed by atoms with Gasteiger partial charge in [-0.05, 0) is 75.7 Å². The zero-order chi connectivity index (χ0) is 23.4. The highest BCUT2D eigenvalue weighted by atomic mass is 16.5. The predicted molar refractivity (Wildman–Crippen MR) is 131 cm³/mol. The molecule has 0 saturated heterocycles. The lowest BCUT2D eigenvalue weighted by atomic mass is 10.1. The molecule has 6 heteroatoms. The second kappa shape index (κ2) is 12.7. The van der Waals surface area contributed by atoms with Crippen LogP contribution >= 0.6 is 0 Å². The van der Waals surface area contributed by atoms with Crippen molar-refractivity contribution in [2.75, 3.05) is 23.8 Å². The zero-order valence-corrected chi connectivity index (χ0v) is 19.8. The Hall–Kier alpha value is -3.02. The molecule has 0 heterocycles. The van der Waals surface area contributed by atoms with E-state index in [1.807, 2.05) is 45.0 Å². The van der Waals surface area contributed by atoms with Crippen molar-refractivity contribution in [3.05, 3.63) is 54.1 Å². The van der Waals surface area contributed by atoms with E-state index in [0.717, 1.165) is 24.5 Å². The highest BCUT2D eigenvalue weighted by Gasteiger charge is 2.15. The van der Waals surface area contributed by atoms with Crippen LogP contribution in [-0.2, 0) is 4.79 Å². The standard InChI is InChI=1S/C26H37N3O3/c1-5-6-7-8-9-18-32-23-16-14-21(15-17-23)27-19-24(30)28-22-12-10-20(11-13-22)25(31)29-26(2,3)4/h10-17,27H,5-9,18-19H2,1-4H3,(H,28,30)(H,29,31). The smallest absolute Gasteiger partial charge is 0.251 e. The molecule has 0 bridgehead atoms. The summed E-state index contributed by atoms with van der Waals surface area (Å²) in [5.74, 6) is 0.538. The summed E-state index contributed by atoms with van der Waals surface area (Å²) in [6.07, 6.45) is 6.07. The van der Waals surface area contributed by atoms with E-state index in [1.165, 1.54) is 25.7 Å². The minimum atomic E-state index is -0.297. The van der Waals surface area contributed by atoms with E-state index in [-0.39, 0.29) is 23.9 Å². The molecule has 0 aromatic heterocycles. The van der Waals surface area contributed by atoms with Gasteiger partial charge in [-0.3, -0.25) is 9.59 Å². The van der Waals surface area contributed by atoms with Gasteiger partial charge in [-0.2, -0.15) is 0 Å². The number of hydrogen-bond acceptors (Lipinski definition) is 4.